The van der Waals surface area contributed by atoms with Crippen molar-refractivity contribution in [3.05, 3.63) is 0 Å². The van der Waals surface area contributed by atoms with Crippen LogP contribution < -0.4 is 0 Å². The number of carbonyl (C=O) groups is 1. The third-order valence-corrected chi connectivity index (χ3v) is 4.92. The molecule has 2 rings (SSSR count). The minimum atomic E-state index is -0.0802. The summed E-state index contributed by atoms with van der Waals surface area (Å²) in [6.45, 7) is 4.64. The summed E-state index contributed by atoms with van der Waals surface area (Å²) in [5.41, 5.74) is 0. The average molecular weight is 282 g/mol. The maximum absolute atomic E-state index is 12.7. The van der Waals surface area contributed by atoms with Gasteiger partial charge in [0.1, 0.15) is 0 Å². The van der Waals surface area contributed by atoms with Crippen molar-refractivity contribution < 1.29 is 9.90 Å². The summed E-state index contributed by atoms with van der Waals surface area (Å²) >= 11 is 0. The van der Waals surface area contributed by atoms with Gasteiger partial charge in [0.25, 0.3) is 0 Å². The lowest BCUT2D eigenvalue weighted by atomic mass is 10.1. The number of hydrogen-bond acceptors (Lipinski definition) is 3. The van der Waals surface area contributed by atoms with Crippen LogP contribution in [0, 0.1) is 0 Å². The highest BCUT2D eigenvalue weighted by molar-refractivity contribution is 5.81. The Morgan fingerprint density at radius 1 is 1.15 bits per heavy atom. The highest BCUT2D eigenvalue weighted by atomic mass is 16.3. The van der Waals surface area contributed by atoms with E-state index in [4.69, 9.17) is 0 Å². The van der Waals surface area contributed by atoms with Gasteiger partial charge in [0.15, 0.2) is 0 Å². The fraction of sp³-hybridized carbons (Fsp3) is 0.938. The first-order valence-electron chi connectivity index (χ1n) is 8.39. The Bertz CT molecular complexity index is 295. The fourth-order valence-electron chi connectivity index (χ4n) is 3.74. The molecule has 1 saturated carbocycles. The number of rotatable bonds is 5. The van der Waals surface area contributed by atoms with E-state index in [2.05, 4.69) is 9.80 Å². The van der Waals surface area contributed by atoms with Crippen LogP contribution in [0.5, 0.6) is 0 Å². The maximum Gasteiger partial charge on any atom is 0.239 e. The second-order valence-corrected chi connectivity index (χ2v) is 6.32. The molecule has 1 aliphatic carbocycles. The van der Waals surface area contributed by atoms with Gasteiger partial charge >= 0.3 is 0 Å². The Labute approximate surface area is 123 Å². The van der Waals surface area contributed by atoms with Crippen LogP contribution in [0.3, 0.4) is 0 Å². The van der Waals surface area contributed by atoms with Gasteiger partial charge in [-0.05, 0) is 32.6 Å². The zero-order valence-electron chi connectivity index (χ0n) is 12.9. The summed E-state index contributed by atoms with van der Waals surface area (Å²) < 4.78 is 0. The summed E-state index contributed by atoms with van der Waals surface area (Å²) in [5, 5.41) is 9.32. The first-order chi connectivity index (χ1) is 9.74. The molecule has 0 radical (unpaired) electrons. The van der Waals surface area contributed by atoms with Gasteiger partial charge < -0.3 is 10.0 Å². The van der Waals surface area contributed by atoms with Crippen molar-refractivity contribution in [2.24, 2.45) is 0 Å². The van der Waals surface area contributed by atoms with Crippen LogP contribution in [-0.4, -0.2) is 59.1 Å². The number of aliphatic hydroxyl groups is 1. The van der Waals surface area contributed by atoms with Crippen LogP contribution in [0.1, 0.15) is 58.3 Å². The monoisotopic (exact) mass is 282 g/mol. The van der Waals surface area contributed by atoms with Gasteiger partial charge in [-0.25, -0.2) is 0 Å². The molecule has 1 amide bonds. The van der Waals surface area contributed by atoms with Gasteiger partial charge in [0, 0.05) is 25.7 Å². The third-order valence-electron chi connectivity index (χ3n) is 4.92. The molecule has 1 unspecified atom stereocenters. The van der Waals surface area contributed by atoms with Gasteiger partial charge in [-0.3, -0.25) is 9.69 Å². The smallest absolute Gasteiger partial charge is 0.239 e. The van der Waals surface area contributed by atoms with Crippen molar-refractivity contribution in [3.8, 4) is 0 Å². The Kier molecular flexibility index (Phi) is 6.30. The number of likely N-dealkylation sites (tertiary alicyclic amines) is 1. The average Bonchev–Trinajstić information content (AvgIpc) is 2.85. The lowest BCUT2D eigenvalue weighted by Gasteiger charge is -2.36. The number of amides is 1. The molecule has 1 saturated heterocycles. The third kappa shape index (κ3) is 3.95. The van der Waals surface area contributed by atoms with Gasteiger partial charge in [-0.2, -0.15) is 0 Å². The molecule has 1 atom stereocenters. The molecule has 0 bridgehead atoms. The molecule has 1 heterocycles. The topological polar surface area (TPSA) is 43.8 Å². The first kappa shape index (κ1) is 15.8. The normalized spacial score (nSPS) is 23.1. The molecule has 0 spiro atoms. The lowest BCUT2D eigenvalue weighted by Crippen LogP contribution is -2.51. The van der Waals surface area contributed by atoms with E-state index in [0.29, 0.717) is 12.6 Å². The molecule has 1 aliphatic heterocycles. The molecule has 4 nitrogen and oxygen atoms in total. The van der Waals surface area contributed by atoms with E-state index in [-0.39, 0.29) is 18.6 Å². The molecule has 2 fully saturated rings. The van der Waals surface area contributed by atoms with Crippen LogP contribution >= 0.6 is 0 Å². The van der Waals surface area contributed by atoms with Crippen molar-refractivity contribution >= 4 is 5.91 Å². The summed E-state index contributed by atoms with van der Waals surface area (Å²) in [5.74, 6) is 0.271. The van der Waals surface area contributed by atoms with E-state index >= 15 is 0 Å². The number of nitrogens with zero attached hydrogens (tertiary/aromatic N) is 2. The molecule has 1 N–H and O–H groups in total. The number of aliphatic hydroxyl groups excluding tert-OH is 1. The van der Waals surface area contributed by atoms with Crippen LogP contribution in [0.4, 0.5) is 0 Å². The van der Waals surface area contributed by atoms with Crippen LogP contribution in [0.25, 0.3) is 0 Å². The van der Waals surface area contributed by atoms with E-state index < -0.39 is 0 Å². The summed E-state index contributed by atoms with van der Waals surface area (Å²) in [6.07, 6.45) is 9.66. The summed E-state index contributed by atoms with van der Waals surface area (Å²) in [6, 6.07) is 0.413. The largest absolute Gasteiger partial charge is 0.395 e. The standard InChI is InChI=1S/C16H30N2O2/c1-14(16(20)17-10-6-2-3-7-11-17)18(12-13-19)15-8-4-5-9-15/h14-15,19H,2-13H2,1H3. The van der Waals surface area contributed by atoms with Crippen molar-refractivity contribution in [2.75, 3.05) is 26.2 Å². The lowest BCUT2D eigenvalue weighted by molar-refractivity contribution is -0.137. The van der Waals surface area contributed by atoms with Crippen LogP contribution in [0.15, 0.2) is 0 Å². The first-order valence-corrected chi connectivity index (χ1v) is 8.39. The molecule has 0 aromatic heterocycles. The van der Waals surface area contributed by atoms with Crippen molar-refractivity contribution in [3.63, 3.8) is 0 Å². The highest BCUT2D eigenvalue weighted by Gasteiger charge is 2.32. The number of hydrogen-bond donors (Lipinski definition) is 1. The zero-order chi connectivity index (χ0) is 14.4. The predicted molar refractivity (Wildman–Crippen MR) is 80.6 cm³/mol. The van der Waals surface area contributed by atoms with E-state index in [1.165, 1.54) is 38.5 Å². The SMILES string of the molecule is CC(C(=O)N1CCCCCC1)N(CCO)C1CCCC1. The molecule has 4 heteroatoms. The summed E-state index contributed by atoms with van der Waals surface area (Å²) in [7, 11) is 0. The molecular formula is C16H30N2O2. The highest BCUT2D eigenvalue weighted by Crippen LogP contribution is 2.25. The minimum Gasteiger partial charge on any atom is -0.395 e. The van der Waals surface area contributed by atoms with Gasteiger partial charge in [-0.1, -0.05) is 25.7 Å². The van der Waals surface area contributed by atoms with Crippen molar-refractivity contribution in [2.45, 2.75) is 70.4 Å². The van der Waals surface area contributed by atoms with E-state index in [1.807, 2.05) is 6.92 Å². The second kappa shape index (κ2) is 7.99. The Hall–Kier alpha value is -0.610. The fourth-order valence-corrected chi connectivity index (χ4v) is 3.74. The molecule has 20 heavy (non-hydrogen) atoms. The summed E-state index contributed by atoms with van der Waals surface area (Å²) in [4.78, 5) is 17.0. The molecule has 2 aliphatic rings. The van der Waals surface area contributed by atoms with E-state index in [0.717, 1.165) is 25.9 Å². The van der Waals surface area contributed by atoms with Crippen LogP contribution in [0.2, 0.25) is 0 Å². The molecule has 0 aromatic carbocycles. The zero-order valence-corrected chi connectivity index (χ0v) is 12.9. The molecular weight excluding hydrogens is 252 g/mol. The molecule has 116 valence electrons. The number of carbonyl (C=O) groups excluding carboxylic acids is 1. The van der Waals surface area contributed by atoms with Gasteiger partial charge in [0.05, 0.1) is 12.6 Å². The van der Waals surface area contributed by atoms with Crippen molar-refractivity contribution in [1.29, 1.82) is 0 Å². The minimum absolute atomic E-state index is 0.0802. The van der Waals surface area contributed by atoms with Crippen LogP contribution in [-0.2, 0) is 4.79 Å². The maximum atomic E-state index is 12.7. The van der Waals surface area contributed by atoms with E-state index in [9.17, 15) is 9.90 Å². The molecule has 0 aromatic rings. The van der Waals surface area contributed by atoms with E-state index in [1.54, 1.807) is 0 Å². The van der Waals surface area contributed by atoms with Gasteiger partial charge in [-0.15, -0.1) is 0 Å². The predicted octanol–water partition coefficient (Wildman–Crippen LogP) is 2.01. The van der Waals surface area contributed by atoms with Gasteiger partial charge in [0.2, 0.25) is 5.91 Å². The Morgan fingerprint density at radius 3 is 2.30 bits per heavy atom. The van der Waals surface area contributed by atoms with Crippen molar-refractivity contribution in [1.82, 2.24) is 9.80 Å². The Balaban J connectivity index is 1.97. The second-order valence-electron chi connectivity index (χ2n) is 6.32. The Morgan fingerprint density at radius 2 is 1.75 bits per heavy atom. The quantitative estimate of drug-likeness (QED) is 0.839.